The van der Waals surface area contributed by atoms with Crippen molar-refractivity contribution >= 4 is 28.3 Å². The molecule has 0 amide bonds. The summed E-state index contributed by atoms with van der Waals surface area (Å²) in [6, 6.07) is 2.08. The smallest absolute Gasteiger partial charge is 0.140 e. The van der Waals surface area contributed by atoms with Crippen molar-refractivity contribution in [2.75, 3.05) is 24.5 Å². The molecule has 4 heterocycles. The average Bonchev–Trinajstić information content (AvgIpc) is 3.28. The van der Waals surface area contributed by atoms with E-state index < -0.39 is 0 Å². The topological polar surface area (TPSA) is 94.2 Å². The van der Waals surface area contributed by atoms with Gasteiger partial charge in [0.15, 0.2) is 0 Å². The predicted octanol–water partition coefficient (Wildman–Crippen LogP) is 2.96. The van der Waals surface area contributed by atoms with Crippen molar-refractivity contribution in [1.82, 2.24) is 9.97 Å². The summed E-state index contributed by atoms with van der Waals surface area (Å²) in [5, 5.41) is 9.39. The van der Waals surface area contributed by atoms with Gasteiger partial charge in [0.05, 0.1) is 11.1 Å². The predicted molar refractivity (Wildman–Crippen MR) is 107 cm³/mol. The standard InChI is InChI=1S/C20H26N6/c1-12-3-4-16(25-19(22)13(12)2)15-10-24-20-18(15)17(5-7-23-20)26-8-6-14(9-21)11-26/h3-5,7,10,12-14,22H,6,8-9,11,21H2,1-2H3,(H,23,24). The van der Waals surface area contributed by atoms with Gasteiger partial charge in [0.2, 0.25) is 0 Å². The lowest BCUT2D eigenvalue weighted by molar-refractivity contribution is 0.586. The van der Waals surface area contributed by atoms with E-state index in [0.29, 0.717) is 17.7 Å². The molecule has 4 N–H and O–H groups in total. The first-order valence-electron chi connectivity index (χ1n) is 9.35. The van der Waals surface area contributed by atoms with Crippen LogP contribution in [0.25, 0.3) is 11.0 Å². The molecule has 0 aromatic carbocycles. The number of rotatable bonds is 3. The Morgan fingerprint density at radius 2 is 2.23 bits per heavy atom. The van der Waals surface area contributed by atoms with Gasteiger partial charge in [-0.3, -0.25) is 5.41 Å². The number of H-pyrrole nitrogens is 1. The number of nitrogens with two attached hydrogens (primary N) is 1. The number of aromatic amines is 1. The lowest BCUT2D eigenvalue weighted by atomic mass is 9.95. The maximum atomic E-state index is 8.30. The molecule has 6 nitrogen and oxygen atoms in total. The summed E-state index contributed by atoms with van der Waals surface area (Å²) in [5.41, 5.74) is 9.76. The highest BCUT2D eigenvalue weighted by molar-refractivity contribution is 6.21. The Kier molecular flexibility index (Phi) is 4.36. The number of pyridine rings is 1. The first-order chi connectivity index (χ1) is 12.6. The molecule has 0 radical (unpaired) electrons. The lowest BCUT2D eigenvalue weighted by Crippen LogP contribution is -2.23. The van der Waals surface area contributed by atoms with Gasteiger partial charge in [0.25, 0.3) is 0 Å². The molecular weight excluding hydrogens is 324 g/mol. The average molecular weight is 350 g/mol. The molecule has 136 valence electrons. The molecule has 1 fully saturated rings. The molecule has 1 saturated heterocycles. The molecule has 0 spiro atoms. The van der Waals surface area contributed by atoms with Crippen LogP contribution in [-0.2, 0) is 0 Å². The molecule has 0 aliphatic carbocycles. The van der Waals surface area contributed by atoms with E-state index >= 15 is 0 Å². The summed E-state index contributed by atoms with van der Waals surface area (Å²) in [7, 11) is 0. The van der Waals surface area contributed by atoms with Crippen LogP contribution >= 0.6 is 0 Å². The second kappa shape index (κ2) is 6.68. The third kappa shape index (κ3) is 2.84. The van der Waals surface area contributed by atoms with Crippen LogP contribution in [0.2, 0.25) is 0 Å². The largest absolute Gasteiger partial charge is 0.371 e. The van der Waals surface area contributed by atoms with E-state index in [4.69, 9.17) is 11.1 Å². The van der Waals surface area contributed by atoms with Crippen LogP contribution < -0.4 is 10.6 Å². The molecule has 4 rings (SSSR count). The number of nitrogens with zero attached hydrogens (tertiary/aromatic N) is 3. The number of amidine groups is 1. The molecule has 6 heteroatoms. The van der Waals surface area contributed by atoms with Gasteiger partial charge < -0.3 is 15.6 Å². The van der Waals surface area contributed by atoms with Crippen molar-refractivity contribution in [3.05, 3.63) is 36.2 Å². The summed E-state index contributed by atoms with van der Waals surface area (Å²) in [4.78, 5) is 14.8. The monoisotopic (exact) mass is 350 g/mol. The van der Waals surface area contributed by atoms with Gasteiger partial charge in [-0.2, -0.15) is 0 Å². The first-order valence-corrected chi connectivity index (χ1v) is 9.35. The van der Waals surface area contributed by atoms with Crippen LogP contribution in [0.4, 0.5) is 5.69 Å². The number of hydrogen-bond acceptors (Lipinski definition) is 4. The minimum atomic E-state index is 0.121. The molecule has 0 bridgehead atoms. The summed E-state index contributed by atoms with van der Waals surface area (Å²) >= 11 is 0. The Bertz CT molecular complexity index is 893. The minimum Gasteiger partial charge on any atom is -0.371 e. The Labute approximate surface area is 153 Å². The van der Waals surface area contributed by atoms with E-state index in [1.54, 1.807) is 0 Å². The Balaban J connectivity index is 1.81. The van der Waals surface area contributed by atoms with Gasteiger partial charge in [0, 0.05) is 42.7 Å². The first kappa shape index (κ1) is 17.0. The summed E-state index contributed by atoms with van der Waals surface area (Å²) < 4.78 is 0. The number of anilines is 1. The Morgan fingerprint density at radius 1 is 1.38 bits per heavy atom. The molecule has 3 unspecified atom stereocenters. The maximum absolute atomic E-state index is 8.30. The normalized spacial score (nSPS) is 26.4. The molecule has 3 atom stereocenters. The summed E-state index contributed by atoms with van der Waals surface area (Å²) in [5.74, 6) is 1.40. The van der Waals surface area contributed by atoms with Crippen LogP contribution in [0.5, 0.6) is 0 Å². The van der Waals surface area contributed by atoms with Crippen molar-refractivity contribution in [2.24, 2.45) is 28.5 Å². The van der Waals surface area contributed by atoms with Gasteiger partial charge in [-0.25, -0.2) is 9.98 Å². The van der Waals surface area contributed by atoms with Crippen LogP contribution in [-0.4, -0.2) is 41.1 Å². The van der Waals surface area contributed by atoms with Gasteiger partial charge in [-0.15, -0.1) is 0 Å². The number of aromatic nitrogens is 2. The van der Waals surface area contributed by atoms with E-state index in [1.807, 2.05) is 12.4 Å². The van der Waals surface area contributed by atoms with Crippen molar-refractivity contribution < 1.29 is 0 Å². The van der Waals surface area contributed by atoms with Gasteiger partial charge in [-0.05, 0) is 36.9 Å². The Morgan fingerprint density at radius 3 is 3.00 bits per heavy atom. The zero-order chi connectivity index (χ0) is 18.3. The van der Waals surface area contributed by atoms with E-state index in [0.717, 1.165) is 48.4 Å². The quantitative estimate of drug-likeness (QED) is 0.794. The molecular formula is C20H26N6. The Hall–Kier alpha value is -2.47. The van der Waals surface area contributed by atoms with Crippen molar-refractivity contribution in [3.63, 3.8) is 0 Å². The fraction of sp³-hybridized carbons (Fsp3) is 0.450. The lowest BCUT2D eigenvalue weighted by Gasteiger charge is -2.20. The molecule has 2 aromatic rings. The van der Waals surface area contributed by atoms with Gasteiger partial charge in [-0.1, -0.05) is 19.9 Å². The van der Waals surface area contributed by atoms with Crippen molar-refractivity contribution in [2.45, 2.75) is 20.3 Å². The maximum Gasteiger partial charge on any atom is 0.140 e. The minimum absolute atomic E-state index is 0.121. The highest BCUT2D eigenvalue weighted by atomic mass is 15.2. The van der Waals surface area contributed by atoms with E-state index in [2.05, 4.69) is 51.9 Å². The fourth-order valence-electron chi connectivity index (χ4n) is 3.83. The zero-order valence-corrected chi connectivity index (χ0v) is 15.4. The molecule has 2 aliphatic heterocycles. The SMILES string of the molecule is CC1C=CC(c2c[nH]c3nccc(N4CCC(CN)C4)c23)=NC(=N)C1C. The molecule has 2 aliphatic rings. The number of nitrogens with one attached hydrogen (secondary N) is 2. The number of aliphatic imine (C=N–C) groups is 1. The highest BCUT2D eigenvalue weighted by Gasteiger charge is 2.26. The highest BCUT2D eigenvalue weighted by Crippen LogP contribution is 2.33. The number of fused-ring (bicyclic) bond motifs is 1. The third-order valence-electron chi connectivity index (χ3n) is 5.81. The molecule has 26 heavy (non-hydrogen) atoms. The van der Waals surface area contributed by atoms with Gasteiger partial charge in [0.1, 0.15) is 11.5 Å². The second-order valence-electron chi connectivity index (χ2n) is 7.48. The third-order valence-corrected chi connectivity index (χ3v) is 5.81. The van der Waals surface area contributed by atoms with E-state index in [-0.39, 0.29) is 5.92 Å². The van der Waals surface area contributed by atoms with Gasteiger partial charge >= 0.3 is 0 Å². The van der Waals surface area contributed by atoms with E-state index in [1.165, 1.54) is 5.69 Å². The van der Waals surface area contributed by atoms with Crippen LogP contribution in [0, 0.1) is 23.2 Å². The molecule has 0 saturated carbocycles. The zero-order valence-electron chi connectivity index (χ0n) is 15.4. The van der Waals surface area contributed by atoms with E-state index in [9.17, 15) is 0 Å². The van der Waals surface area contributed by atoms with Crippen LogP contribution in [0.3, 0.4) is 0 Å². The van der Waals surface area contributed by atoms with Crippen molar-refractivity contribution in [1.29, 1.82) is 5.41 Å². The van der Waals surface area contributed by atoms with Crippen LogP contribution in [0.15, 0.2) is 35.6 Å². The van der Waals surface area contributed by atoms with Crippen LogP contribution in [0.1, 0.15) is 25.8 Å². The number of hydrogen-bond donors (Lipinski definition) is 3. The molecule has 2 aromatic heterocycles. The second-order valence-corrected chi connectivity index (χ2v) is 7.48. The summed E-state index contributed by atoms with van der Waals surface area (Å²) in [6.07, 6.45) is 9.15. The number of allylic oxidation sites excluding steroid dienone is 2. The van der Waals surface area contributed by atoms with Crippen molar-refractivity contribution in [3.8, 4) is 0 Å². The fourth-order valence-corrected chi connectivity index (χ4v) is 3.83. The summed E-state index contributed by atoms with van der Waals surface area (Å²) in [6.45, 7) is 6.91.